The largest absolute Gasteiger partial charge is 0.322 e. The zero-order valence-electron chi connectivity index (χ0n) is 22.3. The highest BCUT2D eigenvalue weighted by Crippen LogP contribution is 2.36. The number of pyridine rings is 1. The maximum atomic E-state index is 13.3. The van der Waals surface area contributed by atoms with Gasteiger partial charge in [-0.15, -0.1) is 5.10 Å². The van der Waals surface area contributed by atoms with Gasteiger partial charge < -0.3 is 4.98 Å². The lowest BCUT2D eigenvalue weighted by molar-refractivity contribution is 0.0789. The molecule has 2 aliphatic rings. The Balaban J connectivity index is 1.54. The molecular formula is C29H42N6O. The van der Waals surface area contributed by atoms with Gasteiger partial charge in [-0.1, -0.05) is 57.9 Å². The van der Waals surface area contributed by atoms with Gasteiger partial charge in [0.25, 0.3) is 5.56 Å². The van der Waals surface area contributed by atoms with Crippen LogP contribution in [0.1, 0.15) is 119 Å². The van der Waals surface area contributed by atoms with Crippen molar-refractivity contribution in [3.05, 3.63) is 51.1 Å². The van der Waals surface area contributed by atoms with E-state index in [1.807, 2.05) is 0 Å². The van der Waals surface area contributed by atoms with Crippen LogP contribution in [0.4, 0.5) is 0 Å². The fourth-order valence-corrected chi connectivity index (χ4v) is 6.66. The Kier molecular flexibility index (Phi) is 7.85. The van der Waals surface area contributed by atoms with E-state index in [4.69, 9.17) is 0 Å². The number of H-pyrrole nitrogens is 1. The number of hydrogen-bond donors (Lipinski definition) is 1. The number of hydrogen-bond acceptors (Lipinski definition) is 5. The van der Waals surface area contributed by atoms with Crippen molar-refractivity contribution < 1.29 is 0 Å². The van der Waals surface area contributed by atoms with Crippen molar-refractivity contribution in [2.24, 2.45) is 0 Å². The molecule has 36 heavy (non-hydrogen) atoms. The minimum Gasteiger partial charge on any atom is -0.322 e. The van der Waals surface area contributed by atoms with Gasteiger partial charge in [-0.25, -0.2) is 4.68 Å². The van der Waals surface area contributed by atoms with Crippen LogP contribution in [0.3, 0.4) is 0 Å². The number of benzene rings is 1. The van der Waals surface area contributed by atoms with Crippen molar-refractivity contribution >= 4 is 10.9 Å². The van der Waals surface area contributed by atoms with Gasteiger partial charge in [0.15, 0.2) is 5.82 Å². The number of fused-ring (bicyclic) bond motifs is 1. The SMILES string of the molecule is CCC[C@@H](c1nnnn1C1CCCCC1)N(Cc1cc2c(C)cc(C)cc2[nH]c1=O)C1CCCCC1. The molecule has 1 aromatic carbocycles. The molecule has 2 saturated carbocycles. The second-order valence-electron chi connectivity index (χ2n) is 11.2. The molecule has 2 fully saturated rings. The minimum atomic E-state index is 0.0235. The summed E-state index contributed by atoms with van der Waals surface area (Å²) in [4.78, 5) is 19.1. The molecule has 0 radical (unpaired) electrons. The normalized spacial score (nSPS) is 18.8. The number of rotatable bonds is 8. The van der Waals surface area contributed by atoms with Crippen LogP contribution in [0.2, 0.25) is 0 Å². The van der Waals surface area contributed by atoms with Crippen molar-refractivity contribution in [1.29, 1.82) is 0 Å². The Morgan fingerprint density at radius 1 is 1.03 bits per heavy atom. The third kappa shape index (κ3) is 5.26. The lowest BCUT2D eigenvalue weighted by Gasteiger charge is -2.40. The molecule has 7 nitrogen and oxygen atoms in total. The smallest absolute Gasteiger partial charge is 0.252 e. The lowest BCUT2D eigenvalue weighted by Crippen LogP contribution is -2.41. The zero-order chi connectivity index (χ0) is 25.1. The van der Waals surface area contributed by atoms with Gasteiger partial charge >= 0.3 is 0 Å². The number of aromatic amines is 1. The predicted octanol–water partition coefficient (Wildman–Crippen LogP) is 6.31. The molecule has 0 spiro atoms. The molecule has 0 aliphatic heterocycles. The van der Waals surface area contributed by atoms with Crippen molar-refractivity contribution in [3.8, 4) is 0 Å². The van der Waals surface area contributed by atoms with E-state index in [9.17, 15) is 4.79 Å². The van der Waals surface area contributed by atoms with Gasteiger partial charge in [0, 0.05) is 29.1 Å². The predicted molar refractivity (Wildman–Crippen MR) is 144 cm³/mol. The fraction of sp³-hybridized carbons (Fsp3) is 0.655. The van der Waals surface area contributed by atoms with Crippen molar-refractivity contribution in [2.45, 2.75) is 122 Å². The van der Waals surface area contributed by atoms with E-state index in [0.717, 1.165) is 48.0 Å². The summed E-state index contributed by atoms with van der Waals surface area (Å²) in [6.07, 6.45) is 14.3. The first-order chi connectivity index (χ1) is 17.5. The summed E-state index contributed by atoms with van der Waals surface area (Å²) in [6, 6.07) is 7.36. The summed E-state index contributed by atoms with van der Waals surface area (Å²) in [7, 11) is 0. The number of aryl methyl sites for hydroxylation is 2. The molecule has 7 heteroatoms. The van der Waals surface area contributed by atoms with Gasteiger partial charge in [-0.2, -0.15) is 0 Å². The summed E-state index contributed by atoms with van der Waals surface area (Å²) in [5.41, 5.74) is 4.17. The molecule has 1 N–H and O–H groups in total. The Morgan fingerprint density at radius 2 is 1.75 bits per heavy atom. The van der Waals surface area contributed by atoms with E-state index in [1.165, 1.54) is 62.5 Å². The van der Waals surface area contributed by atoms with E-state index in [1.54, 1.807) is 0 Å². The van der Waals surface area contributed by atoms with Crippen LogP contribution >= 0.6 is 0 Å². The molecule has 0 amide bonds. The third-order valence-electron chi connectivity index (χ3n) is 8.49. The summed E-state index contributed by atoms with van der Waals surface area (Å²) in [5.74, 6) is 0.998. The quantitative estimate of drug-likeness (QED) is 0.400. The monoisotopic (exact) mass is 490 g/mol. The molecule has 0 saturated heterocycles. The molecule has 3 aromatic rings. The highest BCUT2D eigenvalue weighted by atomic mass is 16.1. The summed E-state index contributed by atoms with van der Waals surface area (Å²) >= 11 is 0. The average molecular weight is 491 g/mol. The molecular weight excluding hydrogens is 448 g/mol. The summed E-state index contributed by atoms with van der Waals surface area (Å²) < 4.78 is 2.15. The van der Waals surface area contributed by atoms with Gasteiger partial charge in [0.1, 0.15) is 0 Å². The second-order valence-corrected chi connectivity index (χ2v) is 11.2. The van der Waals surface area contributed by atoms with Crippen LogP contribution in [0.5, 0.6) is 0 Å². The first kappa shape index (κ1) is 25.1. The number of tetrazole rings is 1. The van der Waals surface area contributed by atoms with Crippen LogP contribution < -0.4 is 5.56 Å². The second kappa shape index (κ2) is 11.2. The number of aromatic nitrogens is 5. The summed E-state index contributed by atoms with van der Waals surface area (Å²) in [5, 5.41) is 14.5. The summed E-state index contributed by atoms with van der Waals surface area (Å²) in [6.45, 7) is 7.09. The first-order valence-corrected chi connectivity index (χ1v) is 14.2. The Labute approximate surface area is 214 Å². The van der Waals surface area contributed by atoms with E-state index in [0.29, 0.717) is 18.6 Å². The van der Waals surface area contributed by atoms with Gasteiger partial charge in [0.2, 0.25) is 0 Å². The number of nitrogens with one attached hydrogen (secondary N) is 1. The van der Waals surface area contributed by atoms with Crippen LogP contribution in [-0.4, -0.2) is 36.1 Å². The molecule has 194 valence electrons. The van der Waals surface area contributed by atoms with Crippen molar-refractivity contribution in [3.63, 3.8) is 0 Å². The average Bonchev–Trinajstić information content (AvgIpc) is 3.37. The first-order valence-electron chi connectivity index (χ1n) is 14.2. The highest BCUT2D eigenvalue weighted by Gasteiger charge is 2.34. The molecule has 0 unspecified atom stereocenters. The number of nitrogens with zero attached hydrogens (tertiary/aromatic N) is 5. The van der Waals surface area contributed by atoms with E-state index in [-0.39, 0.29) is 11.6 Å². The maximum absolute atomic E-state index is 13.3. The van der Waals surface area contributed by atoms with Gasteiger partial charge in [0.05, 0.1) is 12.1 Å². The van der Waals surface area contributed by atoms with Crippen molar-refractivity contribution in [1.82, 2.24) is 30.1 Å². The molecule has 1 atom stereocenters. The third-order valence-corrected chi connectivity index (χ3v) is 8.49. The standard InChI is InChI=1S/C29H42N6O/c1-4-11-27(28-31-32-33-35(28)24-14-9-6-10-15-24)34(23-12-7-5-8-13-23)19-22-18-25-21(3)16-20(2)17-26(25)30-29(22)36/h16-18,23-24,27H,4-15,19H2,1-3H3,(H,30,36)/t27-/m0/s1. The lowest BCUT2D eigenvalue weighted by atomic mass is 9.91. The van der Waals surface area contributed by atoms with Crippen LogP contribution in [0.15, 0.2) is 23.0 Å². The van der Waals surface area contributed by atoms with E-state index < -0.39 is 0 Å². The van der Waals surface area contributed by atoms with Crippen molar-refractivity contribution in [2.75, 3.05) is 0 Å². The van der Waals surface area contributed by atoms with Crippen LogP contribution in [-0.2, 0) is 6.54 Å². The maximum Gasteiger partial charge on any atom is 0.252 e. The van der Waals surface area contributed by atoms with E-state index in [2.05, 4.69) is 69.1 Å². The van der Waals surface area contributed by atoms with E-state index >= 15 is 0 Å². The molecule has 2 heterocycles. The molecule has 2 aromatic heterocycles. The molecule has 2 aliphatic carbocycles. The molecule has 5 rings (SSSR count). The minimum absolute atomic E-state index is 0.0235. The zero-order valence-corrected chi connectivity index (χ0v) is 22.3. The van der Waals surface area contributed by atoms with Crippen LogP contribution in [0.25, 0.3) is 10.9 Å². The Morgan fingerprint density at radius 3 is 2.47 bits per heavy atom. The fourth-order valence-electron chi connectivity index (χ4n) is 6.66. The Hall–Kier alpha value is -2.54. The molecule has 0 bridgehead atoms. The van der Waals surface area contributed by atoms with Gasteiger partial charge in [-0.3, -0.25) is 9.69 Å². The Bertz CT molecular complexity index is 1220. The van der Waals surface area contributed by atoms with Gasteiger partial charge in [-0.05, 0) is 79.6 Å². The topological polar surface area (TPSA) is 79.7 Å². The highest BCUT2D eigenvalue weighted by molar-refractivity contribution is 5.83. The van der Waals surface area contributed by atoms with Crippen LogP contribution in [0, 0.1) is 13.8 Å².